The van der Waals surface area contributed by atoms with E-state index in [9.17, 15) is 14.4 Å². The Morgan fingerprint density at radius 3 is 1.09 bits per heavy atom. The van der Waals surface area contributed by atoms with Crippen LogP contribution in [0.1, 0.15) is 207 Å². The third-order valence-electron chi connectivity index (χ3n) is 8.54. The highest BCUT2D eigenvalue weighted by atomic mass is 16.6. The van der Waals surface area contributed by atoms with Crippen LogP contribution in [-0.4, -0.2) is 37.2 Å². The lowest BCUT2D eigenvalue weighted by Gasteiger charge is -2.18. The van der Waals surface area contributed by atoms with E-state index in [-0.39, 0.29) is 31.1 Å². The Hall–Kier alpha value is -1.59. The fourth-order valence-electron chi connectivity index (χ4n) is 5.57. The number of unbranched alkanes of at least 4 members (excludes halogenated alkanes) is 21. The summed E-state index contributed by atoms with van der Waals surface area (Å²) < 4.78 is 16.5. The number of carbonyl (C=O) groups is 3. The van der Waals surface area contributed by atoms with Gasteiger partial charge < -0.3 is 14.2 Å². The van der Waals surface area contributed by atoms with Crippen LogP contribution in [0.4, 0.5) is 0 Å². The third-order valence-corrected chi connectivity index (χ3v) is 8.54. The first-order chi connectivity index (χ1) is 21.9. The molecule has 0 aliphatic carbocycles. The third kappa shape index (κ3) is 33.6. The van der Waals surface area contributed by atoms with Crippen molar-refractivity contribution in [1.29, 1.82) is 0 Å². The van der Waals surface area contributed by atoms with Gasteiger partial charge in [-0.25, -0.2) is 0 Å². The van der Waals surface area contributed by atoms with Gasteiger partial charge in [-0.05, 0) is 25.2 Å². The number of esters is 3. The zero-order valence-electron chi connectivity index (χ0n) is 30.3. The molecule has 0 rings (SSSR count). The second-order valence-corrected chi connectivity index (χ2v) is 13.7. The summed E-state index contributed by atoms with van der Waals surface area (Å²) in [5.41, 5.74) is 0. The minimum absolute atomic E-state index is 0.0663. The van der Waals surface area contributed by atoms with Gasteiger partial charge in [-0.15, -0.1) is 0 Å². The lowest BCUT2D eigenvalue weighted by Crippen LogP contribution is -2.30. The van der Waals surface area contributed by atoms with Crippen molar-refractivity contribution in [2.45, 2.75) is 214 Å². The molecule has 0 saturated heterocycles. The first kappa shape index (κ1) is 43.4. The molecule has 0 aromatic heterocycles. The first-order valence-electron chi connectivity index (χ1n) is 19.4. The Kier molecular flexibility index (Phi) is 32.6. The van der Waals surface area contributed by atoms with Crippen LogP contribution in [0.3, 0.4) is 0 Å². The Bertz CT molecular complexity index is 676. The lowest BCUT2D eigenvalue weighted by molar-refractivity contribution is -0.167. The Morgan fingerprint density at radius 1 is 0.422 bits per heavy atom. The number of hydrogen-bond acceptors (Lipinski definition) is 6. The summed E-state index contributed by atoms with van der Waals surface area (Å²) in [5, 5.41) is 0. The predicted octanol–water partition coefficient (Wildman–Crippen LogP) is 11.6. The van der Waals surface area contributed by atoms with E-state index in [1.807, 2.05) is 0 Å². The molecule has 0 bridgehead atoms. The van der Waals surface area contributed by atoms with E-state index in [4.69, 9.17) is 14.2 Å². The van der Waals surface area contributed by atoms with Crippen molar-refractivity contribution in [1.82, 2.24) is 0 Å². The van der Waals surface area contributed by atoms with Crippen LogP contribution in [0.2, 0.25) is 0 Å². The summed E-state index contributed by atoms with van der Waals surface area (Å²) in [6.45, 7) is 8.84. The van der Waals surface area contributed by atoms with Gasteiger partial charge in [-0.1, -0.05) is 169 Å². The largest absolute Gasteiger partial charge is 0.462 e. The maximum absolute atomic E-state index is 12.6. The molecule has 0 saturated carbocycles. The van der Waals surface area contributed by atoms with Crippen LogP contribution in [0.25, 0.3) is 0 Å². The molecule has 0 aliphatic heterocycles. The summed E-state index contributed by atoms with van der Waals surface area (Å²) in [5.74, 6) is -0.0869. The van der Waals surface area contributed by atoms with Gasteiger partial charge in [0.15, 0.2) is 6.10 Å². The van der Waals surface area contributed by atoms with Crippen LogP contribution >= 0.6 is 0 Å². The molecule has 6 nitrogen and oxygen atoms in total. The van der Waals surface area contributed by atoms with Gasteiger partial charge in [-0.2, -0.15) is 0 Å². The zero-order chi connectivity index (χ0) is 33.2. The molecular weight excluding hydrogens is 564 g/mol. The molecule has 0 aromatic carbocycles. The van der Waals surface area contributed by atoms with Crippen molar-refractivity contribution in [2.75, 3.05) is 13.2 Å². The SMILES string of the molecule is CCCCCCCCCCCCCC(=O)OC[C@@H](COC(=O)CCCCCCC)OC(=O)CCCCCCCCCCC(C)C. The molecule has 0 unspecified atom stereocenters. The van der Waals surface area contributed by atoms with E-state index in [0.29, 0.717) is 19.3 Å². The van der Waals surface area contributed by atoms with Crippen molar-refractivity contribution in [3.63, 3.8) is 0 Å². The highest BCUT2D eigenvalue weighted by Crippen LogP contribution is 2.15. The fourth-order valence-corrected chi connectivity index (χ4v) is 5.57. The fraction of sp³-hybridized carbons (Fsp3) is 0.923. The van der Waals surface area contributed by atoms with Crippen molar-refractivity contribution in [2.24, 2.45) is 5.92 Å². The van der Waals surface area contributed by atoms with Gasteiger partial charge in [0.05, 0.1) is 0 Å². The normalized spacial score (nSPS) is 11.9. The standard InChI is InChI=1S/C39H74O6/c1-5-7-9-11-12-13-14-15-19-23-27-31-38(41)44-34-36(33-43-37(40)30-26-21-10-8-6-2)45-39(42)32-28-24-20-17-16-18-22-25-29-35(3)4/h35-36H,5-34H2,1-4H3/t36-/m1/s1. The minimum Gasteiger partial charge on any atom is -0.462 e. The monoisotopic (exact) mass is 639 g/mol. The minimum atomic E-state index is -0.756. The quantitative estimate of drug-likeness (QED) is 0.0396. The van der Waals surface area contributed by atoms with Gasteiger partial charge in [0.2, 0.25) is 0 Å². The van der Waals surface area contributed by atoms with E-state index in [0.717, 1.165) is 70.1 Å². The molecule has 1 atom stereocenters. The Labute approximate surface area is 278 Å². The van der Waals surface area contributed by atoms with E-state index >= 15 is 0 Å². The summed E-state index contributed by atoms with van der Waals surface area (Å²) in [7, 11) is 0. The summed E-state index contributed by atoms with van der Waals surface area (Å²) in [4.78, 5) is 37.2. The average Bonchev–Trinajstić information content (AvgIpc) is 3.01. The molecule has 0 aliphatic rings. The average molecular weight is 639 g/mol. The van der Waals surface area contributed by atoms with Crippen LogP contribution in [0, 0.1) is 5.92 Å². The Balaban J connectivity index is 4.28. The van der Waals surface area contributed by atoms with Crippen LogP contribution in [0.5, 0.6) is 0 Å². The van der Waals surface area contributed by atoms with Crippen molar-refractivity contribution >= 4 is 17.9 Å². The molecule has 45 heavy (non-hydrogen) atoms. The van der Waals surface area contributed by atoms with E-state index < -0.39 is 6.10 Å². The maximum Gasteiger partial charge on any atom is 0.306 e. The topological polar surface area (TPSA) is 78.9 Å². The van der Waals surface area contributed by atoms with Gasteiger partial charge in [-0.3, -0.25) is 14.4 Å². The van der Waals surface area contributed by atoms with Crippen LogP contribution < -0.4 is 0 Å². The molecule has 0 radical (unpaired) electrons. The molecule has 0 N–H and O–H groups in total. The molecule has 0 heterocycles. The molecule has 0 fully saturated rings. The van der Waals surface area contributed by atoms with Crippen molar-refractivity contribution < 1.29 is 28.6 Å². The molecule has 0 aromatic rings. The molecular formula is C39H74O6. The Morgan fingerprint density at radius 2 is 0.733 bits per heavy atom. The van der Waals surface area contributed by atoms with Gasteiger partial charge in [0, 0.05) is 19.3 Å². The summed E-state index contributed by atoms with van der Waals surface area (Å²) in [6, 6.07) is 0. The van der Waals surface area contributed by atoms with Crippen LogP contribution in [0.15, 0.2) is 0 Å². The lowest BCUT2D eigenvalue weighted by atomic mass is 10.0. The van der Waals surface area contributed by atoms with E-state index in [1.54, 1.807) is 0 Å². The summed E-state index contributed by atoms with van der Waals surface area (Å²) in [6.07, 6.45) is 29.7. The second-order valence-electron chi connectivity index (χ2n) is 13.7. The van der Waals surface area contributed by atoms with Gasteiger partial charge >= 0.3 is 17.9 Å². The highest BCUT2D eigenvalue weighted by molar-refractivity contribution is 5.71. The van der Waals surface area contributed by atoms with Gasteiger partial charge in [0.25, 0.3) is 0 Å². The number of ether oxygens (including phenoxy) is 3. The van der Waals surface area contributed by atoms with Crippen molar-refractivity contribution in [3.8, 4) is 0 Å². The van der Waals surface area contributed by atoms with Gasteiger partial charge in [0.1, 0.15) is 13.2 Å². The van der Waals surface area contributed by atoms with E-state index in [1.165, 1.54) is 96.3 Å². The molecule has 6 heteroatoms. The number of carbonyl (C=O) groups excluding carboxylic acids is 3. The van der Waals surface area contributed by atoms with Crippen LogP contribution in [-0.2, 0) is 28.6 Å². The molecule has 266 valence electrons. The predicted molar refractivity (Wildman–Crippen MR) is 187 cm³/mol. The number of rotatable bonds is 34. The maximum atomic E-state index is 12.6. The summed E-state index contributed by atoms with van der Waals surface area (Å²) >= 11 is 0. The van der Waals surface area contributed by atoms with Crippen molar-refractivity contribution in [3.05, 3.63) is 0 Å². The first-order valence-corrected chi connectivity index (χ1v) is 19.4. The zero-order valence-corrected chi connectivity index (χ0v) is 30.3. The molecule has 0 amide bonds. The highest BCUT2D eigenvalue weighted by Gasteiger charge is 2.19. The smallest absolute Gasteiger partial charge is 0.306 e. The second kappa shape index (κ2) is 33.8. The molecule has 0 spiro atoms. The number of hydrogen-bond donors (Lipinski definition) is 0. The van der Waals surface area contributed by atoms with E-state index in [2.05, 4.69) is 27.7 Å².